The molecular formula is C14H29N3. The minimum absolute atomic E-state index is 0.212. The predicted octanol–water partition coefficient (Wildman–Crippen LogP) is 2.49. The Hall–Kier alpha value is -0.590. The molecule has 0 aromatic rings. The summed E-state index contributed by atoms with van der Waals surface area (Å²) >= 11 is 0. The summed E-state index contributed by atoms with van der Waals surface area (Å²) < 4.78 is 0. The molecule has 3 heteroatoms. The lowest BCUT2D eigenvalue weighted by molar-refractivity contribution is 0.217. The van der Waals surface area contributed by atoms with Gasteiger partial charge in [0.15, 0.2) is 0 Å². The molecule has 0 saturated carbocycles. The molecule has 0 aliphatic carbocycles. The fourth-order valence-electron chi connectivity index (χ4n) is 2.13. The lowest BCUT2D eigenvalue weighted by atomic mass is 9.87. The van der Waals surface area contributed by atoms with Crippen molar-refractivity contribution in [3.63, 3.8) is 0 Å². The van der Waals surface area contributed by atoms with Crippen molar-refractivity contribution in [2.24, 2.45) is 10.8 Å². The van der Waals surface area contributed by atoms with Crippen LogP contribution in [0.15, 0.2) is 0 Å². The molecule has 0 aliphatic heterocycles. The van der Waals surface area contributed by atoms with Gasteiger partial charge in [-0.3, -0.25) is 0 Å². The smallest absolute Gasteiger partial charge is 0.0621 e. The second-order valence-corrected chi connectivity index (χ2v) is 6.83. The summed E-state index contributed by atoms with van der Waals surface area (Å²) in [6.45, 7) is 12.1. The predicted molar refractivity (Wildman–Crippen MR) is 73.8 cm³/mol. The van der Waals surface area contributed by atoms with Crippen LogP contribution in [0.1, 0.15) is 40.5 Å². The van der Waals surface area contributed by atoms with Gasteiger partial charge in [-0.1, -0.05) is 27.7 Å². The second kappa shape index (κ2) is 6.98. The number of hydrogen-bond acceptors (Lipinski definition) is 3. The highest BCUT2D eigenvalue weighted by atomic mass is 15.1. The van der Waals surface area contributed by atoms with E-state index in [1.54, 1.807) is 0 Å². The minimum Gasteiger partial charge on any atom is -0.316 e. The molecule has 0 atom stereocenters. The van der Waals surface area contributed by atoms with E-state index in [4.69, 9.17) is 5.26 Å². The summed E-state index contributed by atoms with van der Waals surface area (Å²) in [6.07, 6.45) is 1.61. The molecule has 0 radical (unpaired) electrons. The number of rotatable bonds is 8. The molecule has 17 heavy (non-hydrogen) atoms. The molecule has 3 nitrogen and oxygen atoms in total. The summed E-state index contributed by atoms with van der Waals surface area (Å²) in [6, 6.07) is 2.22. The maximum absolute atomic E-state index is 8.61. The Balaban J connectivity index is 3.93. The zero-order valence-electron chi connectivity index (χ0n) is 12.4. The van der Waals surface area contributed by atoms with E-state index in [1.165, 1.54) is 0 Å². The average molecular weight is 239 g/mol. The van der Waals surface area contributed by atoms with Crippen LogP contribution >= 0.6 is 0 Å². The minimum atomic E-state index is 0.212. The van der Waals surface area contributed by atoms with E-state index >= 15 is 0 Å². The van der Waals surface area contributed by atoms with E-state index in [0.29, 0.717) is 6.42 Å². The van der Waals surface area contributed by atoms with Crippen LogP contribution in [0.3, 0.4) is 0 Å². The molecule has 0 fully saturated rings. The number of nitriles is 1. The first kappa shape index (κ1) is 16.4. The zero-order chi connectivity index (χ0) is 13.5. The van der Waals surface area contributed by atoms with Crippen LogP contribution in [0.25, 0.3) is 0 Å². The summed E-state index contributed by atoms with van der Waals surface area (Å²) in [7, 11) is 4.22. The van der Waals surface area contributed by atoms with Gasteiger partial charge in [0.1, 0.15) is 0 Å². The lowest BCUT2D eigenvalue weighted by Gasteiger charge is -2.31. The van der Waals surface area contributed by atoms with Gasteiger partial charge in [-0.2, -0.15) is 5.26 Å². The molecule has 0 saturated heterocycles. The third-order valence-corrected chi connectivity index (χ3v) is 2.86. The number of hydrogen-bond donors (Lipinski definition) is 1. The molecule has 0 aromatic heterocycles. The van der Waals surface area contributed by atoms with E-state index in [1.807, 2.05) is 0 Å². The van der Waals surface area contributed by atoms with Crippen molar-refractivity contribution in [3.8, 4) is 6.07 Å². The summed E-state index contributed by atoms with van der Waals surface area (Å²) in [5.41, 5.74) is 0.499. The lowest BCUT2D eigenvalue weighted by Crippen LogP contribution is -2.40. The molecule has 0 heterocycles. The Morgan fingerprint density at radius 2 is 1.59 bits per heavy atom. The van der Waals surface area contributed by atoms with Crippen molar-refractivity contribution in [1.29, 1.82) is 5.26 Å². The van der Waals surface area contributed by atoms with Crippen molar-refractivity contribution in [3.05, 3.63) is 0 Å². The SMILES string of the molecule is CN(C)CC(C)(C)CNCC(C)(C)CCC#N. The van der Waals surface area contributed by atoms with Crippen LogP contribution in [0.2, 0.25) is 0 Å². The Morgan fingerprint density at radius 3 is 2.06 bits per heavy atom. The Bertz CT molecular complexity index is 249. The fraction of sp³-hybridized carbons (Fsp3) is 0.929. The van der Waals surface area contributed by atoms with Crippen LogP contribution in [0.5, 0.6) is 0 Å². The van der Waals surface area contributed by atoms with Gasteiger partial charge in [-0.25, -0.2) is 0 Å². The van der Waals surface area contributed by atoms with E-state index in [2.05, 4.69) is 58.1 Å². The molecule has 0 bridgehead atoms. The van der Waals surface area contributed by atoms with Gasteiger partial charge in [0.25, 0.3) is 0 Å². The average Bonchev–Trinajstić information content (AvgIpc) is 2.11. The number of nitrogens with zero attached hydrogens (tertiary/aromatic N) is 2. The van der Waals surface area contributed by atoms with Crippen LogP contribution in [0, 0.1) is 22.2 Å². The normalized spacial score (nSPS) is 12.8. The highest BCUT2D eigenvalue weighted by molar-refractivity contribution is 4.81. The molecule has 0 aliphatic rings. The first-order valence-electron chi connectivity index (χ1n) is 6.41. The summed E-state index contributed by atoms with van der Waals surface area (Å²) in [5, 5.41) is 12.2. The third-order valence-electron chi connectivity index (χ3n) is 2.86. The maximum atomic E-state index is 8.61. The Labute approximate surface area is 107 Å². The molecule has 0 spiro atoms. The second-order valence-electron chi connectivity index (χ2n) is 6.83. The highest BCUT2D eigenvalue weighted by Gasteiger charge is 2.21. The maximum Gasteiger partial charge on any atom is 0.0621 e. The molecule has 0 unspecified atom stereocenters. The van der Waals surface area contributed by atoms with Gasteiger partial charge in [-0.05, 0) is 31.3 Å². The number of nitrogens with one attached hydrogen (secondary N) is 1. The van der Waals surface area contributed by atoms with Gasteiger partial charge in [0.2, 0.25) is 0 Å². The van der Waals surface area contributed by atoms with Crippen molar-refractivity contribution >= 4 is 0 Å². The van der Waals surface area contributed by atoms with Gasteiger partial charge in [-0.15, -0.1) is 0 Å². The van der Waals surface area contributed by atoms with E-state index < -0.39 is 0 Å². The fourth-order valence-corrected chi connectivity index (χ4v) is 2.13. The molecule has 0 aromatic carbocycles. The Kier molecular flexibility index (Phi) is 6.74. The third kappa shape index (κ3) is 9.14. The van der Waals surface area contributed by atoms with Crippen molar-refractivity contribution in [1.82, 2.24) is 10.2 Å². The Morgan fingerprint density at radius 1 is 1.06 bits per heavy atom. The van der Waals surface area contributed by atoms with E-state index in [0.717, 1.165) is 26.1 Å². The van der Waals surface area contributed by atoms with Crippen LogP contribution in [-0.2, 0) is 0 Å². The van der Waals surface area contributed by atoms with E-state index in [-0.39, 0.29) is 10.8 Å². The molecule has 0 rings (SSSR count). The first-order chi connectivity index (χ1) is 7.68. The van der Waals surface area contributed by atoms with E-state index in [9.17, 15) is 0 Å². The summed E-state index contributed by atoms with van der Waals surface area (Å²) in [4.78, 5) is 2.22. The zero-order valence-corrected chi connectivity index (χ0v) is 12.4. The highest BCUT2D eigenvalue weighted by Crippen LogP contribution is 2.21. The van der Waals surface area contributed by atoms with Gasteiger partial charge in [0, 0.05) is 26.1 Å². The molecule has 100 valence electrons. The molecule has 0 amide bonds. The van der Waals surface area contributed by atoms with Crippen molar-refractivity contribution < 1.29 is 0 Å². The van der Waals surface area contributed by atoms with Crippen molar-refractivity contribution in [2.45, 2.75) is 40.5 Å². The summed E-state index contributed by atoms with van der Waals surface area (Å²) in [5.74, 6) is 0. The monoisotopic (exact) mass is 239 g/mol. The quantitative estimate of drug-likeness (QED) is 0.707. The van der Waals surface area contributed by atoms with Crippen LogP contribution in [0.4, 0.5) is 0 Å². The topological polar surface area (TPSA) is 39.1 Å². The van der Waals surface area contributed by atoms with Gasteiger partial charge < -0.3 is 10.2 Å². The first-order valence-corrected chi connectivity index (χ1v) is 6.41. The van der Waals surface area contributed by atoms with Crippen LogP contribution < -0.4 is 5.32 Å². The largest absolute Gasteiger partial charge is 0.316 e. The van der Waals surface area contributed by atoms with Gasteiger partial charge >= 0.3 is 0 Å². The van der Waals surface area contributed by atoms with Gasteiger partial charge in [0.05, 0.1) is 6.07 Å². The van der Waals surface area contributed by atoms with Crippen molar-refractivity contribution in [2.75, 3.05) is 33.7 Å². The molecular weight excluding hydrogens is 210 g/mol. The standard InChI is InChI=1S/C14H29N3/c1-13(2,8-7-9-15)10-16-11-14(3,4)12-17(5)6/h16H,7-8,10-12H2,1-6H3. The van der Waals surface area contributed by atoms with Crippen LogP contribution in [-0.4, -0.2) is 38.6 Å². The molecule has 1 N–H and O–H groups in total.